The summed E-state index contributed by atoms with van der Waals surface area (Å²) in [6, 6.07) is 4.39. The first-order valence-electron chi connectivity index (χ1n) is 6.59. The maximum absolute atomic E-state index is 10.7. The van der Waals surface area contributed by atoms with Gasteiger partial charge in [-0.3, -0.25) is 10.1 Å². The highest BCUT2D eigenvalue weighted by atomic mass is 16.6. The summed E-state index contributed by atoms with van der Waals surface area (Å²) in [7, 11) is 5.15. The lowest BCUT2D eigenvalue weighted by Gasteiger charge is -2.27. The van der Waals surface area contributed by atoms with E-state index in [4.69, 9.17) is 14.7 Å². The lowest BCUT2D eigenvalue weighted by atomic mass is 9.96. The average Bonchev–Trinajstić information content (AvgIpc) is 2.42. The molecule has 1 aromatic rings. The van der Waals surface area contributed by atoms with Crippen molar-refractivity contribution in [1.29, 1.82) is 5.26 Å². The van der Waals surface area contributed by atoms with Gasteiger partial charge in [0.1, 0.15) is 11.6 Å². The summed E-state index contributed by atoms with van der Waals surface area (Å²) < 4.78 is 10.7. The number of hydrogen-bond acceptors (Lipinski definition) is 6. The SMILES string of the molecule is CNC.COc1cc([N+](=O)[O-])cc(C#N)c1OC1CCC1. The van der Waals surface area contributed by atoms with E-state index in [9.17, 15) is 10.1 Å². The van der Waals surface area contributed by atoms with Crippen LogP contribution in [0.25, 0.3) is 0 Å². The molecule has 114 valence electrons. The summed E-state index contributed by atoms with van der Waals surface area (Å²) in [5.41, 5.74) is -0.0442. The molecule has 0 saturated heterocycles. The molecule has 0 spiro atoms. The summed E-state index contributed by atoms with van der Waals surface area (Å²) in [5.74, 6) is 0.531. The number of non-ortho nitro benzene ring substituents is 1. The first-order chi connectivity index (χ1) is 10.1. The highest BCUT2D eigenvalue weighted by Crippen LogP contribution is 2.38. The van der Waals surface area contributed by atoms with Crippen LogP contribution in [0.3, 0.4) is 0 Å². The first kappa shape index (κ1) is 16.7. The van der Waals surface area contributed by atoms with Gasteiger partial charge in [-0.05, 0) is 33.4 Å². The van der Waals surface area contributed by atoms with Crippen LogP contribution in [0.2, 0.25) is 0 Å². The summed E-state index contributed by atoms with van der Waals surface area (Å²) in [5, 5.41) is 22.5. The second-order valence-corrected chi connectivity index (χ2v) is 4.56. The fourth-order valence-corrected chi connectivity index (χ4v) is 1.70. The number of nitrogens with one attached hydrogen (secondary N) is 1. The van der Waals surface area contributed by atoms with Gasteiger partial charge in [0.2, 0.25) is 0 Å². The van der Waals surface area contributed by atoms with E-state index in [0.717, 1.165) is 19.3 Å². The van der Waals surface area contributed by atoms with Crippen molar-refractivity contribution in [3.63, 3.8) is 0 Å². The molecule has 1 aliphatic carbocycles. The molecule has 21 heavy (non-hydrogen) atoms. The van der Waals surface area contributed by atoms with Crippen molar-refractivity contribution in [3.05, 3.63) is 27.8 Å². The minimum atomic E-state index is -0.559. The van der Waals surface area contributed by atoms with Crippen molar-refractivity contribution in [2.75, 3.05) is 21.2 Å². The van der Waals surface area contributed by atoms with Gasteiger partial charge >= 0.3 is 0 Å². The van der Waals surface area contributed by atoms with Gasteiger partial charge in [0.25, 0.3) is 5.69 Å². The minimum Gasteiger partial charge on any atom is -0.493 e. The lowest BCUT2D eigenvalue weighted by molar-refractivity contribution is -0.385. The third kappa shape index (κ3) is 4.33. The predicted octanol–water partition coefficient (Wildman–Crippen LogP) is 2.24. The number of nitriles is 1. The minimum absolute atomic E-state index is 0.0763. The van der Waals surface area contributed by atoms with Gasteiger partial charge < -0.3 is 14.8 Å². The number of nitro benzene ring substituents is 1. The smallest absolute Gasteiger partial charge is 0.274 e. The van der Waals surface area contributed by atoms with Crippen molar-refractivity contribution in [2.24, 2.45) is 0 Å². The molecule has 0 atom stereocenters. The van der Waals surface area contributed by atoms with E-state index in [-0.39, 0.29) is 23.1 Å². The molecular formula is C14H19N3O4. The Morgan fingerprint density at radius 1 is 1.43 bits per heavy atom. The van der Waals surface area contributed by atoms with Crippen molar-refractivity contribution >= 4 is 5.69 Å². The summed E-state index contributed by atoms with van der Waals surface area (Å²) in [6.07, 6.45) is 3.05. The summed E-state index contributed by atoms with van der Waals surface area (Å²) >= 11 is 0. The second-order valence-electron chi connectivity index (χ2n) is 4.56. The van der Waals surface area contributed by atoms with E-state index < -0.39 is 4.92 Å². The van der Waals surface area contributed by atoms with E-state index in [2.05, 4.69) is 5.32 Å². The molecule has 1 fully saturated rings. The zero-order valence-electron chi connectivity index (χ0n) is 12.4. The highest BCUT2D eigenvalue weighted by molar-refractivity contribution is 5.59. The highest BCUT2D eigenvalue weighted by Gasteiger charge is 2.25. The van der Waals surface area contributed by atoms with Crippen LogP contribution in [-0.2, 0) is 0 Å². The molecule has 7 nitrogen and oxygen atoms in total. The maximum atomic E-state index is 10.7. The Hall–Kier alpha value is -2.33. The Labute approximate surface area is 123 Å². The topological polar surface area (TPSA) is 97.4 Å². The van der Waals surface area contributed by atoms with Crippen molar-refractivity contribution < 1.29 is 14.4 Å². The Morgan fingerprint density at radius 3 is 2.43 bits per heavy atom. The number of methoxy groups -OCH3 is 1. The standard InChI is InChI=1S/C12H12N2O4.C2H7N/c1-17-11-6-9(14(15)16)5-8(7-13)12(11)18-10-3-2-4-10;1-3-2/h5-6,10H,2-4H2,1H3;3H,1-2H3. The molecule has 1 aromatic carbocycles. The fraction of sp³-hybridized carbons (Fsp3) is 0.500. The predicted molar refractivity (Wildman–Crippen MR) is 77.6 cm³/mol. The Bertz CT molecular complexity index is 536. The lowest BCUT2D eigenvalue weighted by Crippen LogP contribution is -2.25. The Morgan fingerprint density at radius 2 is 2.05 bits per heavy atom. The monoisotopic (exact) mass is 293 g/mol. The zero-order valence-corrected chi connectivity index (χ0v) is 12.4. The van der Waals surface area contributed by atoms with Gasteiger partial charge in [-0.15, -0.1) is 0 Å². The molecule has 0 unspecified atom stereocenters. The van der Waals surface area contributed by atoms with Crippen LogP contribution in [0.15, 0.2) is 12.1 Å². The third-order valence-corrected chi connectivity index (χ3v) is 2.93. The van der Waals surface area contributed by atoms with Crippen LogP contribution in [0.5, 0.6) is 11.5 Å². The molecular weight excluding hydrogens is 274 g/mol. The first-order valence-corrected chi connectivity index (χ1v) is 6.59. The molecule has 0 aliphatic heterocycles. The van der Waals surface area contributed by atoms with Crippen LogP contribution in [-0.4, -0.2) is 32.2 Å². The van der Waals surface area contributed by atoms with Crippen molar-refractivity contribution in [1.82, 2.24) is 5.32 Å². The number of benzene rings is 1. The van der Waals surface area contributed by atoms with Crippen LogP contribution in [0, 0.1) is 21.4 Å². The second kappa shape index (κ2) is 8.07. The summed E-state index contributed by atoms with van der Waals surface area (Å²) in [6.45, 7) is 0. The van der Waals surface area contributed by atoms with Gasteiger partial charge in [-0.25, -0.2) is 0 Å². The quantitative estimate of drug-likeness (QED) is 0.675. The van der Waals surface area contributed by atoms with Gasteiger partial charge in [0.05, 0.1) is 24.2 Å². The van der Waals surface area contributed by atoms with Gasteiger partial charge in [0.15, 0.2) is 11.5 Å². The molecule has 7 heteroatoms. The number of nitrogens with zero attached hydrogens (tertiary/aromatic N) is 2. The normalized spacial score (nSPS) is 13.2. The number of hydrogen-bond donors (Lipinski definition) is 1. The largest absolute Gasteiger partial charge is 0.493 e. The Kier molecular flexibility index (Phi) is 6.43. The average molecular weight is 293 g/mol. The molecule has 2 rings (SSSR count). The molecule has 1 aliphatic rings. The molecule has 0 bridgehead atoms. The van der Waals surface area contributed by atoms with Crippen molar-refractivity contribution in [2.45, 2.75) is 25.4 Å². The number of nitro groups is 1. The molecule has 0 heterocycles. The molecule has 0 amide bonds. The molecule has 0 aromatic heterocycles. The zero-order chi connectivity index (χ0) is 15.8. The van der Waals surface area contributed by atoms with Gasteiger partial charge in [0, 0.05) is 6.07 Å². The van der Waals surface area contributed by atoms with Crippen LogP contribution >= 0.6 is 0 Å². The van der Waals surface area contributed by atoms with E-state index in [1.54, 1.807) is 0 Å². The van der Waals surface area contributed by atoms with Crippen LogP contribution in [0.4, 0.5) is 5.69 Å². The van der Waals surface area contributed by atoms with Crippen LogP contribution in [0.1, 0.15) is 24.8 Å². The van der Waals surface area contributed by atoms with Gasteiger partial charge in [-0.1, -0.05) is 0 Å². The summed E-state index contributed by atoms with van der Waals surface area (Å²) in [4.78, 5) is 10.2. The number of rotatable bonds is 4. The van der Waals surface area contributed by atoms with E-state index >= 15 is 0 Å². The molecule has 0 radical (unpaired) electrons. The fourth-order valence-electron chi connectivity index (χ4n) is 1.70. The van der Waals surface area contributed by atoms with E-state index in [1.807, 2.05) is 20.2 Å². The Balaban J connectivity index is 0.000000677. The van der Waals surface area contributed by atoms with Crippen molar-refractivity contribution in [3.8, 4) is 17.6 Å². The molecule has 1 N–H and O–H groups in total. The van der Waals surface area contributed by atoms with Gasteiger partial charge in [-0.2, -0.15) is 5.26 Å². The third-order valence-electron chi connectivity index (χ3n) is 2.93. The van der Waals surface area contributed by atoms with E-state index in [0.29, 0.717) is 5.75 Å². The van der Waals surface area contributed by atoms with Crippen LogP contribution < -0.4 is 14.8 Å². The van der Waals surface area contributed by atoms with E-state index in [1.165, 1.54) is 19.2 Å². The molecule has 1 saturated carbocycles. The number of ether oxygens (including phenoxy) is 2. The maximum Gasteiger partial charge on any atom is 0.274 e.